The van der Waals surface area contributed by atoms with Gasteiger partial charge in [-0.3, -0.25) is 0 Å². The number of carbonyl (C=O) groups excluding carboxylic acids is 2. The van der Waals surface area contributed by atoms with E-state index in [2.05, 4.69) is 4.98 Å². The molecule has 1 aromatic heterocycles. The van der Waals surface area contributed by atoms with Crippen LogP contribution in [0.3, 0.4) is 0 Å². The summed E-state index contributed by atoms with van der Waals surface area (Å²) in [6, 6.07) is 5.61. The molecule has 8 heteroatoms. The van der Waals surface area contributed by atoms with Gasteiger partial charge in [-0.05, 0) is 29.8 Å². The average molecular weight is 395 g/mol. The fourth-order valence-corrected chi connectivity index (χ4v) is 2.96. The number of ether oxygens (including phenoxy) is 3. The Balaban J connectivity index is 2.14. The number of hydrogen-bond donors (Lipinski definition) is 0. The maximum absolute atomic E-state index is 12.6. The topological polar surface area (TPSA) is 82.9 Å². The molecule has 0 saturated carbocycles. The summed E-state index contributed by atoms with van der Waals surface area (Å²) in [6.45, 7) is 0.577. The van der Waals surface area contributed by atoms with Crippen LogP contribution in [0.2, 0.25) is 0 Å². The third kappa shape index (κ3) is 4.21. The molecule has 0 saturated heterocycles. The van der Waals surface area contributed by atoms with E-state index in [4.69, 9.17) is 14.2 Å². The number of hydrogen-bond acceptors (Lipinski definition) is 7. The van der Waals surface area contributed by atoms with Gasteiger partial charge in [-0.1, -0.05) is 12.1 Å². The maximum Gasteiger partial charge on any atom is 0.355 e. The van der Waals surface area contributed by atoms with Crippen molar-refractivity contribution in [2.24, 2.45) is 0 Å². The van der Waals surface area contributed by atoms with E-state index in [9.17, 15) is 9.59 Å². The predicted octanol–water partition coefficient (Wildman–Crippen LogP) is 2.43. The zero-order chi connectivity index (χ0) is 20.8. The molecule has 1 aromatic carbocycles. The number of rotatable bonds is 6. The van der Waals surface area contributed by atoms with E-state index in [1.807, 2.05) is 22.9 Å². The number of imidazole rings is 1. The fourth-order valence-electron chi connectivity index (χ4n) is 2.96. The Morgan fingerprint density at radius 1 is 1.07 bits per heavy atom. The third-order valence-corrected chi connectivity index (χ3v) is 4.32. The van der Waals surface area contributed by atoms with Crippen molar-refractivity contribution in [3.63, 3.8) is 0 Å². The molecule has 0 unspecified atom stereocenters. The third-order valence-electron chi connectivity index (χ3n) is 4.32. The molecule has 150 valence electrons. The molecule has 8 nitrogen and oxygen atoms in total. The SMILES string of the molecule is COC(=O)C1=C(C(=O)OC)N(c2cc(Cn3ccnc3)ccc2OC)C=CC=C1. The molecule has 29 heavy (non-hydrogen) atoms. The van der Waals surface area contributed by atoms with Gasteiger partial charge in [-0.25, -0.2) is 14.6 Å². The molecule has 2 heterocycles. The molecule has 0 atom stereocenters. The Morgan fingerprint density at radius 2 is 1.86 bits per heavy atom. The summed E-state index contributed by atoms with van der Waals surface area (Å²) < 4.78 is 17.2. The Kier molecular flexibility index (Phi) is 6.13. The molecular weight excluding hydrogens is 374 g/mol. The van der Waals surface area contributed by atoms with Crippen molar-refractivity contribution in [1.29, 1.82) is 0 Å². The zero-order valence-corrected chi connectivity index (χ0v) is 16.4. The maximum atomic E-state index is 12.6. The standard InChI is InChI=1S/C21H21N3O5/c1-27-18-8-7-15(13-23-11-9-22-14-23)12-17(18)24-10-5-4-6-16(20(25)28-2)19(24)21(26)29-3/h4-12,14H,13H2,1-3H3. The van der Waals surface area contributed by atoms with E-state index in [1.54, 1.807) is 41.8 Å². The number of benzene rings is 1. The van der Waals surface area contributed by atoms with Crippen LogP contribution in [0.4, 0.5) is 5.69 Å². The Labute approximate surface area is 168 Å². The van der Waals surface area contributed by atoms with Crippen LogP contribution in [0.25, 0.3) is 0 Å². The van der Waals surface area contributed by atoms with Crippen molar-refractivity contribution < 1.29 is 23.8 Å². The van der Waals surface area contributed by atoms with Gasteiger partial charge in [0.25, 0.3) is 0 Å². The number of nitrogens with zero attached hydrogens (tertiary/aromatic N) is 3. The van der Waals surface area contributed by atoms with E-state index >= 15 is 0 Å². The van der Waals surface area contributed by atoms with Crippen molar-refractivity contribution in [2.45, 2.75) is 6.54 Å². The number of esters is 2. The highest BCUT2D eigenvalue weighted by molar-refractivity contribution is 6.05. The Morgan fingerprint density at radius 3 is 2.52 bits per heavy atom. The van der Waals surface area contributed by atoms with Crippen molar-refractivity contribution in [2.75, 3.05) is 26.2 Å². The number of methoxy groups -OCH3 is 3. The van der Waals surface area contributed by atoms with Crippen molar-refractivity contribution in [1.82, 2.24) is 9.55 Å². The van der Waals surface area contributed by atoms with Crippen LogP contribution in [0.1, 0.15) is 5.56 Å². The highest BCUT2D eigenvalue weighted by Crippen LogP contribution is 2.35. The van der Waals surface area contributed by atoms with Gasteiger partial charge >= 0.3 is 11.9 Å². The van der Waals surface area contributed by atoms with E-state index < -0.39 is 11.9 Å². The minimum Gasteiger partial charge on any atom is -0.495 e. The van der Waals surface area contributed by atoms with Crippen LogP contribution in [0, 0.1) is 0 Å². The number of carbonyl (C=O) groups is 2. The van der Waals surface area contributed by atoms with Crippen LogP contribution >= 0.6 is 0 Å². The highest BCUT2D eigenvalue weighted by Gasteiger charge is 2.29. The highest BCUT2D eigenvalue weighted by atomic mass is 16.5. The normalized spacial score (nSPS) is 13.3. The van der Waals surface area contributed by atoms with Gasteiger partial charge in [0.2, 0.25) is 0 Å². The van der Waals surface area contributed by atoms with Gasteiger partial charge in [0.15, 0.2) is 0 Å². The second kappa shape index (κ2) is 8.92. The van der Waals surface area contributed by atoms with Gasteiger partial charge in [0, 0.05) is 25.1 Å². The summed E-state index contributed by atoms with van der Waals surface area (Å²) in [6.07, 6.45) is 11.8. The molecule has 3 rings (SSSR count). The van der Waals surface area contributed by atoms with E-state index in [0.29, 0.717) is 18.0 Å². The Bertz CT molecular complexity index is 990. The first-order chi connectivity index (χ1) is 14.1. The monoisotopic (exact) mass is 395 g/mol. The molecule has 0 amide bonds. The molecule has 0 aliphatic carbocycles. The molecule has 0 bridgehead atoms. The summed E-state index contributed by atoms with van der Waals surface area (Å²) in [5, 5.41) is 0. The number of anilines is 1. The van der Waals surface area contributed by atoms with Crippen molar-refractivity contribution in [3.8, 4) is 5.75 Å². The van der Waals surface area contributed by atoms with Crippen molar-refractivity contribution in [3.05, 3.63) is 78.2 Å². The number of aromatic nitrogens is 2. The predicted molar refractivity (Wildman–Crippen MR) is 106 cm³/mol. The van der Waals surface area contributed by atoms with E-state index in [1.165, 1.54) is 27.4 Å². The van der Waals surface area contributed by atoms with Crippen molar-refractivity contribution >= 4 is 17.6 Å². The zero-order valence-electron chi connectivity index (χ0n) is 16.4. The van der Waals surface area contributed by atoms with Gasteiger partial charge in [0.05, 0.1) is 38.9 Å². The second-order valence-corrected chi connectivity index (χ2v) is 6.06. The molecule has 0 spiro atoms. The van der Waals surface area contributed by atoms with Crippen LogP contribution in [-0.2, 0) is 25.6 Å². The van der Waals surface area contributed by atoms with E-state index in [0.717, 1.165) is 5.56 Å². The number of allylic oxidation sites excluding steroid dienone is 2. The lowest BCUT2D eigenvalue weighted by Gasteiger charge is -2.25. The summed E-state index contributed by atoms with van der Waals surface area (Å²) in [5.41, 5.74) is 1.63. The largest absolute Gasteiger partial charge is 0.495 e. The summed E-state index contributed by atoms with van der Waals surface area (Å²) in [5.74, 6) is -0.802. The smallest absolute Gasteiger partial charge is 0.355 e. The molecule has 2 aromatic rings. The van der Waals surface area contributed by atoms with Gasteiger partial charge in [-0.15, -0.1) is 0 Å². The Hall–Kier alpha value is -3.81. The molecule has 0 fully saturated rings. The quantitative estimate of drug-likeness (QED) is 0.695. The van der Waals surface area contributed by atoms with Gasteiger partial charge in [0.1, 0.15) is 11.4 Å². The first-order valence-corrected chi connectivity index (χ1v) is 8.76. The van der Waals surface area contributed by atoms with Crippen LogP contribution in [-0.4, -0.2) is 42.8 Å². The molecule has 0 radical (unpaired) electrons. The first kappa shape index (κ1) is 19.9. The lowest BCUT2D eigenvalue weighted by Crippen LogP contribution is -2.27. The molecule has 0 N–H and O–H groups in total. The lowest BCUT2D eigenvalue weighted by molar-refractivity contribution is -0.139. The molecule has 1 aliphatic rings. The second-order valence-electron chi connectivity index (χ2n) is 6.06. The first-order valence-electron chi connectivity index (χ1n) is 8.76. The summed E-state index contributed by atoms with van der Waals surface area (Å²) in [7, 11) is 4.05. The lowest BCUT2D eigenvalue weighted by atomic mass is 10.1. The van der Waals surface area contributed by atoms with Crippen LogP contribution < -0.4 is 9.64 Å². The summed E-state index contributed by atoms with van der Waals surface area (Å²) >= 11 is 0. The molecular formula is C21H21N3O5. The average Bonchev–Trinajstić information content (AvgIpc) is 3.15. The molecule has 1 aliphatic heterocycles. The van der Waals surface area contributed by atoms with Gasteiger partial charge in [-0.2, -0.15) is 0 Å². The summed E-state index contributed by atoms with van der Waals surface area (Å²) in [4.78, 5) is 30.6. The fraction of sp³-hybridized carbons (Fsp3) is 0.190. The van der Waals surface area contributed by atoms with Crippen LogP contribution in [0.5, 0.6) is 5.75 Å². The minimum absolute atomic E-state index is 0.0300. The van der Waals surface area contributed by atoms with E-state index in [-0.39, 0.29) is 11.3 Å². The minimum atomic E-state index is -0.677. The van der Waals surface area contributed by atoms with Crippen LogP contribution in [0.15, 0.2) is 72.6 Å². The van der Waals surface area contributed by atoms with Gasteiger partial charge < -0.3 is 23.7 Å².